The number of rotatable bonds is 3. The van der Waals surface area contributed by atoms with Crippen molar-refractivity contribution in [1.82, 2.24) is 0 Å². The van der Waals surface area contributed by atoms with Gasteiger partial charge in [0.2, 0.25) is 0 Å². The predicted molar refractivity (Wildman–Crippen MR) is 82.0 cm³/mol. The Labute approximate surface area is 126 Å². The minimum absolute atomic E-state index is 0.128. The van der Waals surface area contributed by atoms with Crippen molar-refractivity contribution in [3.8, 4) is 0 Å². The fraction of sp³-hybridized carbons (Fsp3) is 0.250. The molecule has 0 radical (unpaired) electrons. The smallest absolute Gasteiger partial charge is 0.147 e. The second-order valence-corrected chi connectivity index (χ2v) is 5.83. The third kappa shape index (κ3) is 3.18. The molecule has 0 aliphatic carbocycles. The molecule has 0 aliphatic rings. The molecule has 1 N–H and O–H groups in total. The van der Waals surface area contributed by atoms with E-state index >= 15 is 0 Å². The molecule has 0 aromatic heterocycles. The van der Waals surface area contributed by atoms with Gasteiger partial charge in [0.05, 0.1) is 10.2 Å². The van der Waals surface area contributed by atoms with Crippen LogP contribution in [0.4, 0.5) is 14.5 Å². The predicted octanol–water partition coefficient (Wildman–Crippen LogP) is 5.26. The molecule has 0 saturated heterocycles. The third-order valence-corrected chi connectivity index (χ3v) is 3.91. The maximum absolute atomic E-state index is 13.7. The fourth-order valence-electron chi connectivity index (χ4n) is 2.33. The summed E-state index contributed by atoms with van der Waals surface area (Å²) in [6.07, 6.45) is 0. The molecule has 20 heavy (non-hydrogen) atoms. The Balaban J connectivity index is 2.23. The van der Waals surface area contributed by atoms with Crippen molar-refractivity contribution >= 4 is 21.6 Å². The molecule has 0 amide bonds. The second-order valence-electron chi connectivity index (χ2n) is 4.98. The summed E-state index contributed by atoms with van der Waals surface area (Å²) in [5, 5.41) is 2.96. The first-order valence-corrected chi connectivity index (χ1v) is 7.13. The lowest BCUT2D eigenvalue weighted by Gasteiger charge is -2.14. The summed E-state index contributed by atoms with van der Waals surface area (Å²) in [5.41, 5.74) is 4.77. The lowest BCUT2D eigenvalue weighted by molar-refractivity contribution is 0.596. The van der Waals surface area contributed by atoms with Crippen molar-refractivity contribution in [1.29, 1.82) is 0 Å². The normalized spacial score (nSPS) is 10.7. The highest BCUT2D eigenvalue weighted by atomic mass is 79.9. The van der Waals surface area contributed by atoms with Crippen molar-refractivity contribution in [2.24, 2.45) is 0 Å². The molecule has 0 spiro atoms. The molecule has 1 nitrogen and oxygen atoms in total. The van der Waals surface area contributed by atoms with Crippen LogP contribution < -0.4 is 5.32 Å². The SMILES string of the molecule is Cc1cc(C)c(CNc2cc(F)c(Br)cc2F)c(C)c1. The van der Waals surface area contributed by atoms with E-state index in [-0.39, 0.29) is 10.2 Å². The molecule has 2 aromatic rings. The first-order valence-electron chi connectivity index (χ1n) is 6.33. The quantitative estimate of drug-likeness (QED) is 0.751. The molecule has 0 unspecified atom stereocenters. The van der Waals surface area contributed by atoms with Gasteiger partial charge < -0.3 is 5.32 Å². The first kappa shape index (κ1) is 15.0. The molecule has 0 bridgehead atoms. The van der Waals surface area contributed by atoms with E-state index in [1.54, 1.807) is 0 Å². The van der Waals surface area contributed by atoms with Gasteiger partial charge in [-0.05, 0) is 59.5 Å². The molecular weight excluding hydrogens is 324 g/mol. The average molecular weight is 340 g/mol. The third-order valence-electron chi connectivity index (χ3n) is 3.31. The molecule has 0 aliphatic heterocycles. The monoisotopic (exact) mass is 339 g/mol. The molecule has 0 atom stereocenters. The van der Waals surface area contributed by atoms with Crippen molar-refractivity contribution in [3.63, 3.8) is 0 Å². The van der Waals surface area contributed by atoms with Gasteiger partial charge in [-0.3, -0.25) is 0 Å². The molecular formula is C16H16BrF2N. The summed E-state index contributed by atoms with van der Waals surface area (Å²) in [6, 6.07) is 6.47. The largest absolute Gasteiger partial charge is 0.378 e. The van der Waals surface area contributed by atoms with Gasteiger partial charge in [0.25, 0.3) is 0 Å². The van der Waals surface area contributed by atoms with E-state index in [0.29, 0.717) is 6.54 Å². The summed E-state index contributed by atoms with van der Waals surface area (Å²) in [4.78, 5) is 0. The van der Waals surface area contributed by atoms with E-state index in [9.17, 15) is 8.78 Å². The number of aryl methyl sites for hydroxylation is 3. The highest BCUT2D eigenvalue weighted by molar-refractivity contribution is 9.10. The van der Waals surface area contributed by atoms with Crippen molar-refractivity contribution in [2.75, 3.05) is 5.32 Å². The van der Waals surface area contributed by atoms with Gasteiger partial charge in [-0.15, -0.1) is 0 Å². The number of nitrogens with one attached hydrogen (secondary N) is 1. The van der Waals surface area contributed by atoms with E-state index in [1.165, 1.54) is 5.56 Å². The lowest BCUT2D eigenvalue weighted by Crippen LogP contribution is -2.06. The molecule has 106 valence electrons. The van der Waals surface area contributed by atoms with Crippen LogP contribution in [-0.4, -0.2) is 0 Å². The Morgan fingerprint density at radius 2 is 1.55 bits per heavy atom. The average Bonchev–Trinajstić information content (AvgIpc) is 2.33. The summed E-state index contributed by atoms with van der Waals surface area (Å²) in [7, 11) is 0. The van der Waals surface area contributed by atoms with Crippen LogP contribution in [-0.2, 0) is 6.54 Å². The standard InChI is InChI=1S/C16H16BrF2N/c1-9-4-10(2)12(11(3)5-9)8-20-16-7-14(18)13(17)6-15(16)19/h4-7,20H,8H2,1-3H3. The van der Waals surface area contributed by atoms with Crippen LogP contribution in [0.15, 0.2) is 28.7 Å². The Morgan fingerprint density at radius 1 is 0.950 bits per heavy atom. The highest BCUT2D eigenvalue weighted by Gasteiger charge is 2.09. The van der Waals surface area contributed by atoms with E-state index in [1.807, 2.05) is 20.8 Å². The summed E-state index contributed by atoms with van der Waals surface area (Å²) in [5.74, 6) is -0.952. The topological polar surface area (TPSA) is 12.0 Å². The van der Waals surface area contributed by atoms with E-state index in [4.69, 9.17) is 0 Å². The van der Waals surface area contributed by atoms with Gasteiger partial charge in [-0.2, -0.15) is 0 Å². The second kappa shape index (κ2) is 5.92. The molecule has 4 heteroatoms. The number of anilines is 1. The highest BCUT2D eigenvalue weighted by Crippen LogP contribution is 2.25. The zero-order chi connectivity index (χ0) is 14.9. The Morgan fingerprint density at radius 3 is 2.15 bits per heavy atom. The molecule has 0 fully saturated rings. The van der Waals surface area contributed by atoms with Gasteiger partial charge >= 0.3 is 0 Å². The van der Waals surface area contributed by atoms with Crippen molar-refractivity contribution in [2.45, 2.75) is 27.3 Å². The number of hydrogen-bond donors (Lipinski definition) is 1. The number of benzene rings is 2. The maximum Gasteiger partial charge on any atom is 0.147 e. The van der Waals surface area contributed by atoms with Gasteiger partial charge in [-0.1, -0.05) is 17.7 Å². The van der Waals surface area contributed by atoms with Gasteiger partial charge in [-0.25, -0.2) is 8.78 Å². The molecule has 2 rings (SSSR count). The van der Waals surface area contributed by atoms with Crippen molar-refractivity contribution < 1.29 is 8.78 Å². The minimum Gasteiger partial charge on any atom is -0.378 e. The van der Waals surface area contributed by atoms with Crippen LogP contribution in [0.1, 0.15) is 22.3 Å². The van der Waals surface area contributed by atoms with Crippen LogP contribution in [0.3, 0.4) is 0 Å². The van der Waals surface area contributed by atoms with Crippen LogP contribution in [0, 0.1) is 32.4 Å². The van der Waals surface area contributed by atoms with Gasteiger partial charge in [0, 0.05) is 12.6 Å². The number of hydrogen-bond acceptors (Lipinski definition) is 1. The van der Waals surface area contributed by atoms with Crippen LogP contribution >= 0.6 is 15.9 Å². The number of halogens is 3. The van der Waals surface area contributed by atoms with Crippen molar-refractivity contribution in [3.05, 3.63) is 62.6 Å². The molecule has 0 heterocycles. The Bertz CT molecular complexity index is 630. The van der Waals surface area contributed by atoms with Crippen LogP contribution in [0.5, 0.6) is 0 Å². The summed E-state index contributed by atoms with van der Waals surface area (Å²) >= 11 is 2.96. The van der Waals surface area contributed by atoms with E-state index in [0.717, 1.165) is 28.8 Å². The minimum atomic E-state index is -0.480. The maximum atomic E-state index is 13.7. The summed E-state index contributed by atoms with van der Waals surface area (Å²) in [6.45, 7) is 6.56. The molecule has 2 aromatic carbocycles. The van der Waals surface area contributed by atoms with E-state index in [2.05, 4.69) is 33.4 Å². The first-order chi connectivity index (χ1) is 9.38. The van der Waals surface area contributed by atoms with Gasteiger partial charge in [0.1, 0.15) is 11.6 Å². The van der Waals surface area contributed by atoms with Crippen LogP contribution in [0.25, 0.3) is 0 Å². The van der Waals surface area contributed by atoms with Crippen LogP contribution in [0.2, 0.25) is 0 Å². The zero-order valence-corrected chi connectivity index (χ0v) is 13.2. The Hall–Kier alpha value is -1.42. The molecule has 0 saturated carbocycles. The van der Waals surface area contributed by atoms with E-state index < -0.39 is 11.6 Å². The fourth-order valence-corrected chi connectivity index (χ4v) is 2.65. The van der Waals surface area contributed by atoms with Gasteiger partial charge in [0.15, 0.2) is 0 Å². The summed E-state index contributed by atoms with van der Waals surface area (Å²) < 4.78 is 27.3. The zero-order valence-electron chi connectivity index (χ0n) is 11.7. The Kier molecular flexibility index (Phi) is 4.43. The lowest BCUT2D eigenvalue weighted by atomic mass is 10.00.